The Bertz CT molecular complexity index is 1060. The lowest BCUT2D eigenvalue weighted by Crippen LogP contribution is -2.03. The van der Waals surface area contributed by atoms with Crippen LogP contribution in [0.5, 0.6) is 0 Å². The van der Waals surface area contributed by atoms with E-state index in [1.807, 2.05) is 12.1 Å². The number of hydrogen-bond acceptors (Lipinski definition) is 6. The minimum Gasteiger partial charge on any atom is -0.365 e. The van der Waals surface area contributed by atoms with Crippen molar-refractivity contribution in [1.82, 2.24) is 15.1 Å². The number of hydrogen-bond donors (Lipinski definition) is 1. The first kappa shape index (κ1) is 17.3. The van der Waals surface area contributed by atoms with Crippen LogP contribution in [-0.4, -0.2) is 15.1 Å². The van der Waals surface area contributed by atoms with Crippen molar-refractivity contribution in [3.63, 3.8) is 0 Å². The van der Waals surface area contributed by atoms with Crippen LogP contribution in [0.3, 0.4) is 0 Å². The minimum absolute atomic E-state index is 0.510. The van der Waals surface area contributed by atoms with Gasteiger partial charge >= 0.3 is 0 Å². The third kappa shape index (κ3) is 3.40. The molecule has 0 saturated heterocycles. The molecular weight excluding hydrogens is 391 g/mol. The molecule has 26 heavy (non-hydrogen) atoms. The van der Waals surface area contributed by atoms with E-state index in [-0.39, 0.29) is 0 Å². The molecule has 8 heteroatoms. The highest BCUT2D eigenvalue weighted by atomic mass is 35.5. The van der Waals surface area contributed by atoms with Gasteiger partial charge in [0.15, 0.2) is 0 Å². The second-order valence-corrected chi connectivity index (χ2v) is 7.59. The van der Waals surface area contributed by atoms with Gasteiger partial charge in [0.2, 0.25) is 11.6 Å². The standard InChI is InChI=1S/C18H14Cl2N4OS/c1-2-11-8-12-16(21-9-10-3-4-13(19)14(20)7-10)23-17(24-18(12)26-11)15-5-6-22-25-15/h3-8H,2,9H2,1H3,(H,21,23,24). The van der Waals surface area contributed by atoms with Gasteiger partial charge in [0.25, 0.3) is 0 Å². The summed E-state index contributed by atoms with van der Waals surface area (Å²) in [5, 5.41) is 9.19. The molecule has 0 aliphatic carbocycles. The maximum absolute atomic E-state index is 6.10. The Morgan fingerprint density at radius 3 is 2.73 bits per heavy atom. The zero-order valence-corrected chi connectivity index (χ0v) is 16.1. The summed E-state index contributed by atoms with van der Waals surface area (Å²) in [6.07, 6.45) is 2.53. The molecule has 1 aromatic carbocycles. The van der Waals surface area contributed by atoms with E-state index >= 15 is 0 Å². The molecule has 0 saturated carbocycles. The maximum Gasteiger partial charge on any atom is 0.204 e. The molecule has 0 fully saturated rings. The van der Waals surface area contributed by atoms with Gasteiger partial charge in [-0.1, -0.05) is 41.3 Å². The van der Waals surface area contributed by atoms with Crippen LogP contribution in [0, 0.1) is 0 Å². The van der Waals surface area contributed by atoms with E-state index in [2.05, 4.69) is 33.4 Å². The quantitative estimate of drug-likeness (QED) is 0.453. The first-order valence-electron chi connectivity index (χ1n) is 8.03. The molecule has 3 heterocycles. The van der Waals surface area contributed by atoms with Crippen LogP contribution in [0.15, 0.2) is 41.1 Å². The average molecular weight is 405 g/mol. The molecule has 5 nitrogen and oxygen atoms in total. The second kappa shape index (κ2) is 7.23. The van der Waals surface area contributed by atoms with E-state index in [0.717, 1.165) is 28.0 Å². The molecular formula is C18H14Cl2N4OS. The number of aromatic nitrogens is 3. The molecule has 4 aromatic rings. The summed E-state index contributed by atoms with van der Waals surface area (Å²) >= 11 is 13.7. The molecule has 3 aromatic heterocycles. The van der Waals surface area contributed by atoms with E-state index in [1.165, 1.54) is 4.88 Å². The SMILES string of the molecule is CCc1cc2c(NCc3ccc(Cl)c(Cl)c3)nc(-c3ccno3)nc2s1. The smallest absolute Gasteiger partial charge is 0.204 e. The number of nitrogens with zero attached hydrogens (tertiary/aromatic N) is 3. The number of benzene rings is 1. The third-order valence-corrected chi connectivity index (χ3v) is 5.81. The van der Waals surface area contributed by atoms with Crippen LogP contribution in [0.25, 0.3) is 21.8 Å². The summed E-state index contributed by atoms with van der Waals surface area (Å²) in [4.78, 5) is 11.4. The van der Waals surface area contributed by atoms with Crippen molar-refractivity contribution in [2.75, 3.05) is 5.32 Å². The summed E-state index contributed by atoms with van der Waals surface area (Å²) in [5.41, 5.74) is 1.01. The number of aryl methyl sites for hydroxylation is 1. The lowest BCUT2D eigenvalue weighted by atomic mass is 10.2. The van der Waals surface area contributed by atoms with Crippen LogP contribution in [0.1, 0.15) is 17.4 Å². The number of thiophene rings is 1. The number of halogens is 2. The third-order valence-electron chi connectivity index (χ3n) is 3.89. The zero-order valence-electron chi connectivity index (χ0n) is 13.8. The Morgan fingerprint density at radius 2 is 2.00 bits per heavy atom. The van der Waals surface area contributed by atoms with Gasteiger partial charge in [-0.2, -0.15) is 0 Å². The highest BCUT2D eigenvalue weighted by molar-refractivity contribution is 7.18. The Hall–Kier alpha value is -2.15. The summed E-state index contributed by atoms with van der Waals surface area (Å²) < 4.78 is 5.22. The molecule has 0 aliphatic heterocycles. The van der Waals surface area contributed by atoms with Gasteiger partial charge in [0.1, 0.15) is 10.6 Å². The Kier molecular flexibility index (Phi) is 4.80. The number of fused-ring (bicyclic) bond motifs is 1. The average Bonchev–Trinajstić information content (AvgIpc) is 3.31. The van der Waals surface area contributed by atoms with Gasteiger partial charge in [-0.3, -0.25) is 0 Å². The first-order chi connectivity index (χ1) is 12.6. The lowest BCUT2D eigenvalue weighted by Gasteiger charge is -2.09. The first-order valence-corrected chi connectivity index (χ1v) is 9.60. The normalized spacial score (nSPS) is 11.2. The van der Waals surface area contributed by atoms with Gasteiger partial charge in [-0.05, 0) is 30.2 Å². The van der Waals surface area contributed by atoms with Crippen molar-refractivity contribution in [3.8, 4) is 11.6 Å². The fourth-order valence-electron chi connectivity index (χ4n) is 2.56. The van der Waals surface area contributed by atoms with Crippen molar-refractivity contribution in [2.24, 2.45) is 0 Å². The van der Waals surface area contributed by atoms with E-state index < -0.39 is 0 Å². The van der Waals surface area contributed by atoms with E-state index in [1.54, 1.807) is 29.7 Å². The number of anilines is 1. The maximum atomic E-state index is 6.10. The Morgan fingerprint density at radius 1 is 1.12 bits per heavy atom. The topological polar surface area (TPSA) is 63.8 Å². The molecule has 0 bridgehead atoms. The fourth-order valence-corrected chi connectivity index (χ4v) is 3.84. The molecule has 0 unspecified atom stereocenters. The molecule has 132 valence electrons. The number of rotatable bonds is 5. The molecule has 4 rings (SSSR count). The summed E-state index contributed by atoms with van der Waals surface area (Å²) in [7, 11) is 0. The predicted octanol–water partition coefficient (Wildman–Crippen LogP) is 5.83. The Balaban J connectivity index is 1.71. The highest BCUT2D eigenvalue weighted by Crippen LogP contribution is 2.32. The molecule has 0 spiro atoms. The van der Waals surface area contributed by atoms with Crippen molar-refractivity contribution in [2.45, 2.75) is 19.9 Å². The van der Waals surface area contributed by atoms with Crippen LogP contribution >= 0.6 is 34.5 Å². The van der Waals surface area contributed by atoms with Crippen LogP contribution < -0.4 is 5.32 Å². The van der Waals surface area contributed by atoms with Crippen molar-refractivity contribution < 1.29 is 4.52 Å². The Labute approximate surface area is 164 Å². The van der Waals surface area contributed by atoms with Gasteiger partial charge in [0.05, 0.1) is 21.6 Å². The highest BCUT2D eigenvalue weighted by Gasteiger charge is 2.14. The van der Waals surface area contributed by atoms with Crippen LogP contribution in [0.4, 0.5) is 5.82 Å². The van der Waals surface area contributed by atoms with Gasteiger partial charge in [-0.25, -0.2) is 9.97 Å². The molecule has 0 atom stereocenters. The van der Waals surface area contributed by atoms with Crippen LogP contribution in [0.2, 0.25) is 10.0 Å². The van der Waals surface area contributed by atoms with Crippen molar-refractivity contribution in [1.29, 1.82) is 0 Å². The van der Waals surface area contributed by atoms with E-state index in [0.29, 0.717) is 28.2 Å². The molecule has 0 amide bonds. The van der Waals surface area contributed by atoms with Crippen molar-refractivity contribution in [3.05, 3.63) is 57.0 Å². The molecule has 0 aliphatic rings. The fraction of sp³-hybridized carbons (Fsp3) is 0.167. The molecule has 0 radical (unpaired) electrons. The summed E-state index contributed by atoms with van der Waals surface area (Å²) in [6, 6.07) is 9.44. The van der Waals surface area contributed by atoms with Gasteiger partial charge < -0.3 is 9.84 Å². The minimum atomic E-state index is 0.510. The van der Waals surface area contributed by atoms with Gasteiger partial charge in [-0.15, -0.1) is 11.3 Å². The summed E-state index contributed by atoms with van der Waals surface area (Å²) in [5.74, 6) is 1.80. The zero-order chi connectivity index (χ0) is 18.1. The van der Waals surface area contributed by atoms with Gasteiger partial charge in [0, 0.05) is 17.5 Å². The lowest BCUT2D eigenvalue weighted by molar-refractivity contribution is 0.430. The second-order valence-electron chi connectivity index (χ2n) is 5.66. The number of nitrogens with one attached hydrogen (secondary N) is 1. The largest absolute Gasteiger partial charge is 0.365 e. The van der Waals surface area contributed by atoms with Crippen LogP contribution in [-0.2, 0) is 13.0 Å². The van der Waals surface area contributed by atoms with E-state index in [9.17, 15) is 0 Å². The van der Waals surface area contributed by atoms with Crippen molar-refractivity contribution >= 4 is 50.6 Å². The van der Waals surface area contributed by atoms with E-state index in [4.69, 9.17) is 27.7 Å². The predicted molar refractivity (Wildman–Crippen MR) is 106 cm³/mol. The monoisotopic (exact) mass is 404 g/mol. The molecule has 1 N–H and O–H groups in total. The summed E-state index contributed by atoms with van der Waals surface area (Å²) in [6.45, 7) is 2.69.